The lowest BCUT2D eigenvalue weighted by molar-refractivity contribution is -0.0987. The predicted octanol–water partition coefficient (Wildman–Crippen LogP) is 7.98. The first-order valence-corrected chi connectivity index (χ1v) is 16.9. The van der Waals surface area contributed by atoms with Gasteiger partial charge in [0.2, 0.25) is 0 Å². The van der Waals surface area contributed by atoms with Crippen molar-refractivity contribution in [1.29, 1.82) is 0 Å². The fourth-order valence-electron chi connectivity index (χ4n) is 5.18. The maximum Gasteiger partial charge on any atom is 0.165 e. The minimum Gasteiger partial charge on any atom is -0.330 e. The summed E-state index contributed by atoms with van der Waals surface area (Å²) >= 11 is 0. The van der Waals surface area contributed by atoms with Crippen LogP contribution in [0.3, 0.4) is 0 Å². The summed E-state index contributed by atoms with van der Waals surface area (Å²) in [6.07, 6.45) is 13.7. The van der Waals surface area contributed by atoms with Crippen LogP contribution in [0.2, 0.25) is 0 Å². The highest BCUT2D eigenvalue weighted by Gasteiger charge is 2.22. The molecule has 2 aliphatic heterocycles. The van der Waals surface area contributed by atoms with Crippen molar-refractivity contribution >= 4 is 25.4 Å². The summed E-state index contributed by atoms with van der Waals surface area (Å²) in [6.45, 7) is 23.3. The Morgan fingerprint density at radius 3 is 1.96 bits per heavy atom. The first kappa shape index (κ1) is 44.2. The molecule has 254 valence electrons. The van der Waals surface area contributed by atoms with Crippen LogP contribution in [-0.4, -0.2) is 75.5 Å². The number of Topliss-reactive ketones (excluding diaryl/α,β-unsaturated/α-hetero) is 1. The van der Waals surface area contributed by atoms with Crippen LogP contribution in [0.1, 0.15) is 105 Å². The van der Waals surface area contributed by atoms with Crippen LogP contribution < -0.4 is 5.73 Å². The molecule has 2 aromatic rings. The van der Waals surface area contributed by atoms with Crippen molar-refractivity contribution in [2.24, 2.45) is 11.7 Å². The lowest BCUT2D eigenvalue weighted by Crippen LogP contribution is -2.31. The Morgan fingerprint density at radius 1 is 0.867 bits per heavy atom. The SMILES string of the molecule is C=O.C=O.CC.CCN1CCCCC(C(=O)c2ccc(C)cc2)CC1.CCc1ccc(/C=C\CCN)c(C)c1.CN1CCCC1. The van der Waals surface area contributed by atoms with E-state index in [-0.39, 0.29) is 5.92 Å². The normalized spacial score (nSPS) is 16.3. The van der Waals surface area contributed by atoms with Crippen LogP contribution in [0.4, 0.5) is 0 Å². The summed E-state index contributed by atoms with van der Waals surface area (Å²) in [5, 5.41) is 0. The fourth-order valence-corrected chi connectivity index (χ4v) is 5.18. The summed E-state index contributed by atoms with van der Waals surface area (Å²) in [7, 11) is 2.17. The monoisotopic (exact) mass is 624 g/mol. The highest BCUT2D eigenvalue weighted by atomic mass is 16.1. The molecule has 4 rings (SSSR count). The number of carbonyl (C=O) groups excluding carboxylic acids is 3. The molecule has 1 atom stereocenters. The molecule has 2 heterocycles. The van der Waals surface area contributed by atoms with Gasteiger partial charge in [0.05, 0.1) is 0 Å². The van der Waals surface area contributed by atoms with Gasteiger partial charge in [-0.05, 0) is 122 Å². The van der Waals surface area contributed by atoms with Gasteiger partial charge in [0, 0.05) is 11.5 Å². The molecule has 0 radical (unpaired) electrons. The van der Waals surface area contributed by atoms with E-state index in [0.29, 0.717) is 5.78 Å². The zero-order valence-electron chi connectivity index (χ0n) is 29.8. The van der Waals surface area contributed by atoms with E-state index in [1.165, 1.54) is 67.6 Å². The molecule has 0 aromatic heterocycles. The fraction of sp³-hybridized carbons (Fsp3) is 0.564. The predicted molar refractivity (Wildman–Crippen MR) is 195 cm³/mol. The zero-order valence-corrected chi connectivity index (χ0v) is 29.8. The highest BCUT2D eigenvalue weighted by Crippen LogP contribution is 2.22. The largest absolute Gasteiger partial charge is 0.330 e. The van der Waals surface area contributed by atoms with E-state index in [1.807, 2.05) is 51.7 Å². The van der Waals surface area contributed by atoms with Gasteiger partial charge in [-0.1, -0.05) is 94.3 Å². The molecule has 0 amide bonds. The molecule has 0 bridgehead atoms. The molecule has 6 heteroatoms. The van der Waals surface area contributed by atoms with Gasteiger partial charge < -0.3 is 25.1 Å². The van der Waals surface area contributed by atoms with Crippen LogP contribution >= 0.6 is 0 Å². The Hall–Kier alpha value is -2.93. The Bertz CT molecular complexity index is 1010. The second kappa shape index (κ2) is 29.8. The van der Waals surface area contributed by atoms with E-state index in [0.717, 1.165) is 50.9 Å². The molecule has 2 aromatic carbocycles. The van der Waals surface area contributed by atoms with Crippen molar-refractivity contribution in [3.8, 4) is 0 Å². The van der Waals surface area contributed by atoms with Crippen molar-refractivity contribution in [1.82, 2.24) is 9.80 Å². The van der Waals surface area contributed by atoms with Crippen LogP contribution in [0.5, 0.6) is 0 Å². The van der Waals surface area contributed by atoms with Gasteiger partial charge in [-0.2, -0.15) is 0 Å². The lowest BCUT2D eigenvalue weighted by Gasteiger charge is -2.26. The smallest absolute Gasteiger partial charge is 0.165 e. The van der Waals surface area contributed by atoms with Gasteiger partial charge in [0.1, 0.15) is 13.6 Å². The number of hydrogen-bond acceptors (Lipinski definition) is 6. The highest BCUT2D eigenvalue weighted by molar-refractivity contribution is 5.97. The van der Waals surface area contributed by atoms with Gasteiger partial charge in [-0.3, -0.25) is 4.79 Å². The van der Waals surface area contributed by atoms with E-state index >= 15 is 0 Å². The number of ketones is 1. The third-order valence-corrected chi connectivity index (χ3v) is 7.93. The zero-order chi connectivity index (χ0) is 34.5. The van der Waals surface area contributed by atoms with Gasteiger partial charge in [0.25, 0.3) is 0 Å². The summed E-state index contributed by atoms with van der Waals surface area (Å²) in [5.41, 5.74) is 11.6. The molecule has 2 aliphatic rings. The first-order valence-electron chi connectivity index (χ1n) is 16.9. The van der Waals surface area contributed by atoms with Crippen LogP contribution in [0.25, 0.3) is 6.08 Å². The molecule has 0 saturated carbocycles. The van der Waals surface area contributed by atoms with Crippen molar-refractivity contribution in [2.45, 2.75) is 92.9 Å². The summed E-state index contributed by atoms with van der Waals surface area (Å²) < 4.78 is 0. The molecule has 2 saturated heterocycles. The van der Waals surface area contributed by atoms with Crippen molar-refractivity contribution in [2.75, 3.05) is 46.3 Å². The molecule has 1 unspecified atom stereocenters. The average Bonchev–Trinajstić information content (AvgIpc) is 3.56. The minimum absolute atomic E-state index is 0.219. The van der Waals surface area contributed by atoms with Crippen molar-refractivity contribution < 1.29 is 14.4 Å². The molecule has 0 spiro atoms. The number of likely N-dealkylation sites (tertiary alicyclic amines) is 2. The Labute approximate surface area is 276 Å². The molecule has 2 fully saturated rings. The van der Waals surface area contributed by atoms with Crippen molar-refractivity contribution in [3.05, 3.63) is 76.4 Å². The molecular weight excluding hydrogens is 558 g/mol. The second-order valence-electron chi connectivity index (χ2n) is 11.2. The number of benzene rings is 2. The number of rotatable bonds is 7. The molecule has 0 aliphatic carbocycles. The Balaban J connectivity index is 0. The van der Waals surface area contributed by atoms with Gasteiger partial charge >= 0.3 is 0 Å². The molecule has 2 N–H and O–H groups in total. The Kier molecular flexibility index (Phi) is 29.2. The number of hydrogen-bond donors (Lipinski definition) is 1. The topological polar surface area (TPSA) is 83.7 Å². The van der Waals surface area contributed by atoms with Crippen LogP contribution in [0, 0.1) is 19.8 Å². The van der Waals surface area contributed by atoms with Gasteiger partial charge in [-0.15, -0.1) is 0 Å². The van der Waals surface area contributed by atoms with Crippen LogP contribution in [0.15, 0.2) is 48.5 Å². The molecular formula is C39H65N3O3. The van der Waals surface area contributed by atoms with E-state index in [4.69, 9.17) is 15.3 Å². The van der Waals surface area contributed by atoms with Gasteiger partial charge in [0.15, 0.2) is 5.78 Å². The van der Waals surface area contributed by atoms with E-state index in [2.05, 4.69) is 74.9 Å². The number of carbonyl (C=O) groups is 3. The summed E-state index contributed by atoms with van der Waals surface area (Å²) in [4.78, 5) is 33.4. The van der Waals surface area contributed by atoms with Gasteiger partial charge in [-0.25, -0.2) is 0 Å². The molecule has 6 nitrogen and oxygen atoms in total. The Morgan fingerprint density at radius 2 is 1.47 bits per heavy atom. The van der Waals surface area contributed by atoms with E-state index < -0.39 is 0 Å². The number of aryl methyl sites for hydroxylation is 3. The minimum atomic E-state index is 0.219. The number of nitrogens with zero attached hydrogens (tertiary/aromatic N) is 2. The maximum atomic E-state index is 12.6. The average molecular weight is 624 g/mol. The third-order valence-electron chi connectivity index (χ3n) is 7.93. The second-order valence-corrected chi connectivity index (χ2v) is 11.2. The quantitative estimate of drug-likeness (QED) is 0.315. The first-order chi connectivity index (χ1) is 21.9. The number of nitrogens with two attached hydrogens (primary N) is 1. The van der Waals surface area contributed by atoms with E-state index in [1.54, 1.807) is 0 Å². The molecule has 45 heavy (non-hydrogen) atoms. The summed E-state index contributed by atoms with van der Waals surface area (Å²) in [6, 6.07) is 14.7. The summed E-state index contributed by atoms with van der Waals surface area (Å²) in [5.74, 6) is 0.565. The van der Waals surface area contributed by atoms with Crippen LogP contribution in [-0.2, 0) is 16.0 Å². The van der Waals surface area contributed by atoms with Crippen molar-refractivity contribution in [3.63, 3.8) is 0 Å². The van der Waals surface area contributed by atoms with E-state index in [9.17, 15) is 4.79 Å². The lowest BCUT2D eigenvalue weighted by atomic mass is 9.88. The maximum absolute atomic E-state index is 12.6. The standard InChI is InChI=1S/C17H25NO.C13H19N.C5H11N.C2H6.2CH2O/c1-3-18-12-5-4-6-15(11-13-18)17(19)16-9-7-14(2)8-10-16;1-3-12-7-8-13(11(2)10-12)6-4-5-9-14;1-6-4-2-3-5-6;3*1-2/h7-10,15H,3-6,11-13H2,1-2H3;4,6-8,10H,3,5,9,14H2,1-2H3;2-5H2,1H3;1-2H3;2*1H2/b;6-4-;;;;. The third kappa shape index (κ3) is 19.9.